The monoisotopic (exact) mass is 290 g/mol. The molecule has 0 aromatic carbocycles. The van der Waals surface area contributed by atoms with Gasteiger partial charge in [-0.3, -0.25) is 4.98 Å². The first-order valence-corrected chi connectivity index (χ1v) is 6.52. The molecule has 0 amide bonds. The van der Waals surface area contributed by atoms with Gasteiger partial charge in [0, 0.05) is 13.1 Å². The minimum Gasteiger partial charge on any atom is -0.477 e. The third-order valence-electron chi connectivity index (χ3n) is 3.18. The quantitative estimate of drug-likeness (QED) is 0.833. The molecule has 1 N–H and O–H groups in total. The Morgan fingerprint density at radius 3 is 2.95 bits per heavy atom. The summed E-state index contributed by atoms with van der Waals surface area (Å²) in [6, 6.07) is 0.0862. The van der Waals surface area contributed by atoms with Gasteiger partial charge in [-0.15, -0.1) is 5.10 Å². The van der Waals surface area contributed by atoms with E-state index >= 15 is 0 Å². The van der Waals surface area contributed by atoms with Crippen LogP contribution >= 0.6 is 0 Å². The van der Waals surface area contributed by atoms with Crippen molar-refractivity contribution >= 4 is 11.8 Å². The van der Waals surface area contributed by atoms with Crippen LogP contribution in [0.5, 0.6) is 5.88 Å². The van der Waals surface area contributed by atoms with Crippen LogP contribution in [0.2, 0.25) is 0 Å². The maximum absolute atomic E-state index is 10.8. The second-order valence-corrected chi connectivity index (χ2v) is 4.60. The molecule has 0 aliphatic carbocycles. The molecule has 2 aromatic heterocycles. The van der Waals surface area contributed by atoms with Crippen molar-refractivity contribution in [1.29, 1.82) is 0 Å². The first-order chi connectivity index (χ1) is 10.2. The van der Waals surface area contributed by atoms with Crippen LogP contribution in [0.4, 0.5) is 5.82 Å². The van der Waals surface area contributed by atoms with Crippen LogP contribution in [0.3, 0.4) is 0 Å². The number of ether oxygens (including phenoxy) is 1. The number of carbonyl (C=O) groups is 1. The van der Waals surface area contributed by atoms with Gasteiger partial charge in [0.2, 0.25) is 5.88 Å². The summed E-state index contributed by atoms with van der Waals surface area (Å²) >= 11 is 0. The molecule has 2 aromatic rings. The second kappa shape index (κ2) is 5.35. The van der Waals surface area contributed by atoms with Gasteiger partial charge in [0.05, 0.1) is 31.2 Å². The van der Waals surface area contributed by atoms with E-state index in [9.17, 15) is 4.79 Å². The van der Waals surface area contributed by atoms with Crippen LogP contribution in [-0.4, -0.2) is 55.7 Å². The van der Waals surface area contributed by atoms with Gasteiger partial charge in [-0.2, -0.15) is 4.98 Å². The number of hydrogen-bond donors (Lipinski definition) is 1. The van der Waals surface area contributed by atoms with Crippen molar-refractivity contribution in [3.63, 3.8) is 0 Å². The van der Waals surface area contributed by atoms with Crippen molar-refractivity contribution in [2.75, 3.05) is 24.6 Å². The van der Waals surface area contributed by atoms with Crippen LogP contribution in [0.15, 0.2) is 18.6 Å². The minimum absolute atomic E-state index is 0.0495. The highest BCUT2D eigenvalue weighted by Gasteiger charge is 2.31. The third-order valence-corrected chi connectivity index (χ3v) is 3.18. The van der Waals surface area contributed by atoms with Gasteiger partial charge in [-0.1, -0.05) is 5.21 Å². The zero-order chi connectivity index (χ0) is 14.8. The highest BCUT2D eigenvalue weighted by atomic mass is 16.5. The molecular formula is C12H14N6O3. The largest absolute Gasteiger partial charge is 0.477 e. The Hall–Kier alpha value is -2.71. The Balaban J connectivity index is 1.64. The normalized spacial score (nSPS) is 14.8. The molecule has 0 unspecified atom stereocenters. The topological polar surface area (TPSA) is 106 Å². The highest BCUT2D eigenvalue weighted by Crippen LogP contribution is 2.26. The smallest absolute Gasteiger partial charge is 0.358 e. The fraction of sp³-hybridized carbons (Fsp3) is 0.417. The van der Waals surface area contributed by atoms with Crippen molar-refractivity contribution in [2.45, 2.75) is 13.0 Å². The first kappa shape index (κ1) is 13.3. The standard InChI is InChI=1S/C12H14N6O3/c1-2-21-11-4-13-3-10(14-11)17-5-8(6-17)18-7-9(12(19)20)15-16-18/h3-4,7-8H,2,5-6H2,1H3,(H,19,20). The summed E-state index contributed by atoms with van der Waals surface area (Å²) in [5.74, 6) is 0.149. The Bertz CT molecular complexity index is 652. The van der Waals surface area contributed by atoms with Gasteiger partial charge in [-0.05, 0) is 6.92 Å². The number of nitrogens with zero attached hydrogens (tertiary/aromatic N) is 6. The number of aromatic carboxylic acids is 1. The maximum atomic E-state index is 10.8. The predicted octanol–water partition coefficient (Wildman–Crippen LogP) is 0.226. The summed E-state index contributed by atoms with van der Waals surface area (Å²) in [6.07, 6.45) is 4.68. The molecule has 21 heavy (non-hydrogen) atoms. The van der Waals surface area contributed by atoms with E-state index in [1.54, 1.807) is 17.1 Å². The lowest BCUT2D eigenvalue weighted by Gasteiger charge is -2.39. The summed E-state index contributed by atoms with van der Waals surface area (Å²) in [5.41, 5.74) is -0.0495. The SMILES string of the molecule is CCOc1cncc(N2CC(n3cc(C(=O)O)nn3)C2)n1. The summed E-state index contributed by atoms with van der Waals surface area (Å²) in [5, 5.41) is 16.3. The molecule has 1 saturated heterocycles. The lowest BCUT2D eigenvalue weighted by atomic mass is 10.1. The zero-order valence-corrected chi connectivity index (χ0v) is 11.4. The van der Waals surface area contributed by atoms with Gasteiger partial charge in [-0.25, -0.2) is 9.48 Å². The number of aromatic nitrogens is 5. The van der Waals surface area contributed by atoms with E-state index in [2.05, 4.69) is 20.3 Å². The molecule has 9 heteroatoms. The molecule has 1 aliphatic heterocycles. The Kier molecular flexibility index (Phi) is 3.38. The van der Waals surface area contributed by atoms with E-state index in [4.69, 9.17) is 9.84 Å². The molecule has 0 atom stereocenters. The van der Waals surface area contributed by atoms with Gasteiger partial charge in [0.25, 0.3) is 0 Å². The molecule has 3 rings (SSSR count). The fourth-order valence-corrected chi connectivity index (χ4v) is 2.07. The molecule has 1 fully saturated rings. The molecule has 3 heterocycles. The highest BCUT2D eigenvalue weighted by molar-refractivity contribution is 5.84. The lowest BCUT2D eigenvalue weighted by Crippen LogP contribution is -2.48. The Morgan fingerprint density at radius 2 is 2.29 bits per heavy atom. The number of anilines is 1. The number of carboxylic acids is 1. The van der Waals surface area contributed by atoms with Crippen molar-refractivity contribution in [1.82, 2.24) is 25.0 Å². The summed E-state index contributed by atoms with van der Waals surface area (Å²) in [6.45, 7) is 3.77. The van der Waals surface area contributed by atoms with Gasteiger partial charge >= 0.3 is 5.97 Å². The van der Waals surface area contributed by atoms with Crippen LogP contribution in [0.25, 0.3) is 0 Å². The summed E-state index contributed by atoms with van der Waals surface area (Å²) in [7, 11) is 0. The molecule has 9 nitrogen and oxygen atoms in total. The van der Waals surface area contributed by atoms with E-state index < -0.39 is 5.97 Å². The molecule has 0 bridgehead atoms. The maximum Gasteiger partial charge on any atom is 0.358 e. The molecule has 0 spiro atoms. The second-order valence-electron chi connectivity index (χ2n) is 4.60. The van der Waals surface area contributed by atoms with Crippen LogP contribution < -0.4 is 9.64 Å². The molecule has 0 radical (unpaired) electrons. The predicted molar refractivity (Wildman–Crippen MR) is 71.4 cm³/mol. The summed E-state index contributed by atoms with van der Waals surface area (Å²) in [4.78, 5) is 21.2. The van der Waals surface area contributed by atoms with Gasteiger partial charge in [0.15, 0.2) is 11.5 Å². The van der Waals surface area contributed by atoms with E-state index in [1.807, 2.05) is 11.8 Å². The minimum atomic E-state index is -1.08. The van der Waals surface area contributed by atoms with E-state index in [0.29, 0.717) is 25.6 Å². The average molecular weight is 290 g/mol. The summed E-state index contributed by atoms with van der Waals surface area (Å²) < 4.78 is 6.88. The van der Waals surface area contributed by atoms with E-state index in [-0.39, 0.29) is 11.7 Å². The van der Waals surface area contributed by atoms with Crippen molar-refractivity contribution in [3.8, 4) is 5.88 Å². The third kappa shape index (κ3) is 2.62. The Labute approximate surface area is 120 Å². The molecule has 0 saturated carbocycles. The fourth-order valence-electron chi connectivity index (χ4n) is 2.07. The average Bonchev–Trinajstić information content (AvgIpc) is 2.87. The molecule has 110 valence electrons. The molecular weight excluding hydrogens is 276 g/mol. The van der Waals surface area contributed by atoms with Gasteiger partial charge in [0.1, 0.15) is 0 Å². The lowest BCUT2D eigenvalue weighted by molar-refractivity contribution is 0.0690. The van der Waals surface area contributed by atoms with Crippen LogP contribution in [0, 0.1) is 0 Å². The van der Waals surface area contributed by atoms with Crippen molar-refractivity contribution in [3.05, 3.63) is 24.3 Å². The van der Waals surface area contributed by atoms with E-state index in [0.717, 1.165) is 5.82 Å². The van der Waals surface area contributed by atoms with Crippen molar-refractivity contribution in [2.24, 2.45) is 0 Å². The first-order valence-electron chi connectivity index (χ1n) is 6.52. The number of hydrogen-bond acceptors (Lipinski definition) is 7. The number of rotatable bonds is 5. The van der Waals surface area contributed by atoms with Crippen LogP contribution in [-0.2, 0) is 0 Å². The van der Waals surface area contributed by atoms with Gasteiger partial charge < -0.3 is 14.7 Å². The number of carboxylic acid groups (broad SMARTS) is 1. The molecule has 1 aliphatic rings. The zero-order valence-electron chi connectivity index (χ0n) is 11.4. The Morgan fingerprint density at radius 1 is 1.48 bits per heavy atom. The van der Waals surface area contributed by atoms with E-state index in [1.165, 1.54) is 6.20 Å². The van der Waals surface area contributed by atoms with Crippen LogP contribution in [0.1, 0.15) is 23.5 Å². The van der Waals surface area contributed by atoms with Crippen molar-refractivity contribution < 1.29 is 14.6 Å².